The molecule has 5 rings (SSSR count). The topological polar surface area (TPSA) is 55.1 Å². The minimum Gasteiger partial charge on any atom is -0.436 e. The van der Waals surface area contributed by atoms with Gasteiger partial charge < -0.3 is 9.73 Å². The fourth-order valence-electron chi connectivity index (χ4n) is 3.38. The third kappa shape index (κ3) is 3.69. The van der Waals surface area contributed by atoms with Crippen LogP contribution in [-0.4, -0.2) is 10.9 Å². The first-order chi connectivity index (χ1) is 14.9. The van der Waals surface area contributed by atoms with Crippen LogP contribution in [0.2, 0.25) is 10.0 Å². The number of oxazole rings is 1. The van der Waals surface area contributed by atoms with Crippen molar-refractivity contribution in [2.75, 3.05) is 5.32 Å². The molecule has 0 spiro atoms. The molecule has 4 nitrogen and oxygen atoms in total. The molecule has 1 N–H and O–H groups in total. The Bertz CT molecular complexity index is 1490. The van der Waals surface area contributed by atoms with E-state index in [1.807, 2.05) is 18.2 Å². The Labute approximate surface area is 192 Å². The summed E-state index contributed by atoms with van der Waals surface area (Å²) in [6, 6.07) is 16.9. The van der Waals surface area contributed by atoms with E-state index in [1.165, 1.54) is 22.5 Å². The highest BCUT2D eigenvalue weighted by Gasteiger charge is 2.18. The first-order valence-electron chi connectivity index (χ1n) is 9.56. The van der Waals surface area contributed by atoms with Crippen molar-refractivity contribution in [3.63, 3.8) is 0 Å². The molecule has 2 heterocycles. The largest absolute Gasteiger partial charge is 0.436 e. The number of nitrogens with zero attached hydrogens (tertiary/aromatic N) is 1. The van der Waals surface area contributed by atoms with Crippen molar-refractivity contribution in [1.29, 1.82) is 0 Å². The van der Waals surface area contributed by atoms with Crippen LogP contribution in [0, 0.1) is 13.8 Å². The van der Waals surface area contributed by atoms with Crippen LogP contribution in [0.1, 0.15) is 20.8 Å². The number of nitrogens with one attached hydrogen (secondary N) is 1. The predicted molar refractivity (Wildman–Crippen MR) is 129 cm³/mol. The molecule has 0 fully saturated rings. The van der Waals surface area contributed by atoms with Crippen LogP contribution in [-0.2, 0) is 0 Å². The molecule has 154 valence electrons. The molecule has 0 bridgehead atoms. The third-order valence-electron chi connectivity index (χ3n) is 5.20. The SMILES string of the molecule is Cc1ccc(-c2nc3cc(NC(=O)c4sc5cc(Cl)ccc5c4Cl)ccc3o2)cc1C. The molecule has 0 radical (unpaired) electrons. The second kappa shape index (κ2) is 7.68. The molecule has 0 atom stereocenters. The number of benzene rings is 3. The predicted octanol–water partition coefficient (Wildman–Crippen LogP) is 7.89. The first kappa shape index (κ1) is 20.1. The maximum Gasteiger partial charge on any atom is 0.267 e. The number of aromatic nitrogens is 1. The van der Waals surface area contributed by atoms with Crippen molar-refractivity contribution in [2.45, 2.75) is 13.8 Å². The number of carbonyl (C=O) groups excluding carboxylic acids is 1. The summed E-state index contributed by atoms with van der Waals surface area (Å²) in [6.45, 7) is 4.12. The highest BCUT2D eigenvalue weighted by molar-refractivity contribution is 7.21. The Kier molecular flexibility index (Phi) is 4.97. The van der Waals surface area contributed by atoms with Gasteiger partial charge >= 0.3 is 0 Å². The summed E-state index contributed by atoms with van der Waals surface area (Å²) >= 11 is 13.8. The number of amides is 1. The molecule has 2 aromatic heterocycles. The lowest BCUT2D eigenvalue weighted by atomic mass is 10.1. The van der Waals surface area contributed by atoms with Gasteiger partial charge in [-0.25, -0.2) is 4.98 Å². The second-order valence-corrected chi connectivity index (χ2v) is 9.21. The van der Waals surface area contributed by atoms with Crippen LogP contribution in [0.5, 0.6) is 0 Å². The van der Waals surface area contributed by atoms with Gasteiger partial charge in [0.05, 0.1) is 5.02 Å². The number of carbonyl (C=O) groups is 1. The van der Waals surface area contributed by atoms with Crippen LogP contribution in [0.15, 0.2) is 59.0 Å². The number of rotatable bonds is 3. The van der Waals surface area contributed by atoms with Gasteiger partial charge in [0, 0.05) is 26.4 Å². The highest BCUT2D eigenvalue weighted by atomic mass is 35.5. The lowest BCUT2D eigenvalue weighted by Crippen LogP contribution is -2.10. The first-order valence-corrected chi connectivity index (χ1v) is 11.1. The van der Waals surface area contributed by atoms with Gasteiger partial charge in [-0.05, 0) is 67.4 Å². The van der Waals surface area contributed by atoms with E-state index in [1.54, 1.807) is 30.3 Å². The van der Waals surface area contributed by atoms with E-state index in [2.05, 4.69) is 30.2 Å². The van der Waals surface area contributed by atoms with Gasteiger partial charge in [-0.1, -0.05) is 35.3 Å². The zero-order chi connectivity index (χ0) is 21.7. The van der Waals surface area contributed by atoms with Crippen molar-refractivity contribution in [2.24, 2.45) is 0 Å². The maximum absolute atomic E-state index is 12.9. The monoisotopic (exact) mass is 466 g/mol. The standard InChI is InChI=1S/C24H16Cl2N2O2S/c1-12-3-4-14(9-13(12)2)24-28-18-11-16(6-8-19(18)30-24)27-23(29)22-21(26)17-7-5-15(25)10-20(17)31-22/h3-11H,1-2H3,(H,27,29). The molecule has 1 amide bonds. The van der Waals surface area contributed by atoms with Gasteiger partial charge in [0.1, 0.15) is 10.4 Å². The number of anilines is 1. The number of hydrogen-bond acceptors (Lipinski definition) is 4. The zero-order valence-electron chi connectivity index (χ0n) is 16.6. The van der Waals surface area contributed by atoms with Gasteiger partial charge in [-0.15, -0.1) is 11.3 Å². The number of hydrogen-bond donors (Lipinski definition) is 1. The summed E-state index contributed by atoms with van der Waals surface area (Å²) in [4.78, 5) is 17.9. The molecule has 7 heteroatoms. The molecule has 0 unspecified atom stereocenters. The molecule has 0 aliphatic heterocycles. The Morgan fingerprint density at radius 2 is 1.84 bits per heavy atom. The minimum absolute atomic E-state index is 0.278. The Hall–Kier alpha value is -2.86. The molecular formula is C24H16Cl2N2O2S. The van der Waals surface area contributed by atoms with Crippen LogP contribution in [0.25, 0.3) is 32.6 Å². The van der Waals surface area contributed by atoms with E-state index < -0.39 is 0 Å². The molecule has 5 aromatic rings. The fourth-order valence-corrected chi connectivity index (χ4v) is 5.06. The van der Waals surface area contributed by atoms with Crippen molar-refractivity contribution in [3.8, 4) is 11.5 Å². The smallest absolute Gasteiger partial charge is 0.267 e. The Morgan fingerprint density at radius 1 is 1.00 bits per heavy atom. The van der Waals surface area contributed by atoms with E-state index in [0.717, 1.165) is 15.6 Å². The van der Waals surface area contributed by atoms with Gasteiger partial charge in [0.25, 0.3) is 5.91 Å². The Balaban J connectivity index is 1.45. The van der Waals surface area contributed by atoms with Crippen LogP contribution < -0.4 is 5.32 Å². The zero-order valence-corrected chi connectivity index (χ0v) is 19.0. The summed E-state index contributed by atoms with van der Waals surface area (Å²) in [5.74, 6) is 0.269. The molecule has 3 aromatic carbocycles. The molecule has 0 saturated heterocycles. The highest BCUT2D eigenvalue weighted by Crippen LogP contribution is 2.37. The second-order valence-electron chi connectivity index (χ2n) is 7.34. The summed E-state index contributed by atoms with van der Waals surface area (Å²) in [6.07, 6.45) is 0. The van der Waals surface area contributed by atoms with Gasteiger partial charge in [0.2, 0.25) is 5.89 Å². The van der Waals surface area contributed by atoms with Crippen LogP contribution in [0.4, 0.5) is 5.69 Å². The van der Waals surface area contributed by atoms with Gasteiger partial charge in [0.15, 0.2) is 5.58 Å². The molecule has 0 aliphatic rings. The average Bonchev–Trinajstić information content (AvgIpc) is 3.30. The number of fused-ring (bicyclic) bond motifs is 2. The minimum atomic E-state index is -0.278. The lowest BCUT2D eigenvalue weighted by molar-refractivity contribution is 0.103. The molecule has 0 saturated carbocycles. The molecule has 31 heavy (non-hydrogen) atoms. The van der Waals surface area contributed by atoms with E-state index in [-0.39, 0.29) is 5.91 Å². The van der Waals surface area contributed by atoms with Crippen molar-refractivity contribution in [3.05, 3.63) is 80.6 Å². The number of aryl methyl sites for hydroxylation is 2. The quantitative estimate of drug-likeness (QED) is 0.294. The van der Waals surface area contributed by atoms with Crippen LogP contribution >= 0.6 is 34.5 Å². The number of halogens is 2. The molecular weight excluding hydrogens is 451 g/mol. The van der Waals surface area contributed by atoms with Crippen molar-refractivity contribution < 1.29 is 9.21 Å². The molecule has 0 aliphatic carbocycles. The van der Waals surface area contributed by atoms with E-state index in [9.17, 15) is 4.79 Å². The lowest BCUT2D eigenvalue weighted by Gasteiger charge is -2.03. The van der Waals surface area contributed by atoms with E-state index >= 15 is 0 Å². The van der Waals surface area contributed by atoms with E-state index in [4.69, 9.17) is 27.6 Å². The normalized spacial score (nSPS) is 11.4. The third-order valence-corrected chi connectivity index (χ3v) is 7.09. The van der Waals surface area contributed by atoms with Crippen molar-refractivity contribution >= 4 is 67.3 Å². The Morgan fingerprint density at radius 3 is 2.65 bits per heavy atom. The van der Waals surface area contributed by atoms with Gasteiger partial charge in [-0.3, -0.25) is 4.79 Å². The average molecular weight is 467 g/mol. The fraction of sp³-hybridized carbons (Fsp3) is 0.0833. The van der Waals surface area contributed by atoms with Crippen LogP contribution in [0.3, 0.4) is 0 Å². The number of thiophene rings is 1. The summed E-state index contributed by atoms with van der Waals surface area (Å²) in [5, 5.41) is 4.75. The van der Waals surface area contributed by atoms with E-state index in [0.29, 0.717) is 37.6 Å². The van der Waals surface area contributed by atoms with Crippen molar-refractivity contribution in [1.82, 2.24) is 4.98 Å². The van der Waals surface area contributed by atoms with Gasteiger partial charge in [-0.2, -0.15) is 0 Å². The maximum atomic E-state index is 12.9. The summed E-state index contributed by atoms with van der Waals surface area (Å²) in [7, 11) is 0. The summed E-state index contributed by atoms with van der Waals surface area (Å²) in [5.41, 5.74) is 5.24. The summed E-state index contributed by atoms with van der Waals surface area (Å²) < 4.78 is 6.78.